The van der Waals surface area contributed by atoms with E-state index in [9.17, 15) is 0 Å². The van der Waals surface area contributed by atoms with Crippen LogP contribution in [0.15, 0.2) is 60.7 Å². The lowest BCUT2D eigenvalue weighted by atomic mass is 9.77. The van der Waals surface area contributed by atoms with Crippen molar-refractivity contribution < 1.29 is 0 Å². The zero-order chi connectivity index (χ0) is 16.6. The third-order valence-electron chi connectivity index (χ3n) is 4.50. The van der Waals surface area contributed by atoms with Gasteiger partial charge in [-0.05, 0) is 18.1 Å². The highest BCUT2D eigenvalue weighted by Crippen LogP contribution is 2.40. The smallest absolute Gasteiger partial charge is 0.187 e. The summed E-state index contributed by atoms with van der Waals surface area (Å²) in [5.41, 5.74) is 2.12. The number of aryl methyl sites for hydroxylation is 1. The molecule has 0 amide bonds. The van der Waals surface area contributed by atoms with E-state index >= 15 is 0 Å². The molecule has 0 fully saturated rings. The summed E-state index contributed by atoms with van der Waals surface area (Å²) in [4.78, 5) is 0.847. The van der Waals surface area contributed by atoms with Gasteiger partial charge >= 0.3 is 0 Å². The molecule has 5 heteroatoms. The summed E-state index contributed by atoms with van der Waals surface area (Å²) in [7, 11) is 0. The Morgan fingerprint density at radius 1 is 0.917 bits per heavy atom. The van der Waals surface area contributed by atoms with Gasteiger partial charge in [0.25, 0.3) is 0 Å². The Kier molecular flexibility index (Phi) is 3.65. The lowest BCUT2D eigenvalue weighted by Gasteiger charge is -2.28. The average molecular weight is 334 g/mol. The Balaban J connectivity index is 1.96. The largest absolute Gasteiger partial charge is 0.234 e. The summed E-state index contributed by atoms with van der Waals surface area (Å²) in [6.45, 7) is 4.30. The maximum absolute atomic E-state index is 4.88. The molecule has 0 aliphatic carbocycles. The van der Waals surface area contributed by atoms with Gasteiger partial charge in [-0.3, -0.25) is 0 Å². The Labute approximate surface area is 144 Å². The molecule has 120 valence electrons. The molecule has 0 aliphatic heterocycles. The molecule has 4 nitrogen and oxygen atoms in total. The second kappa shape index (κ2) is 5.83. The fourth-order valence-electron chi connectivity index (χ4n) is 3.04. The van der Waals surface area contributed by atoms with Gasteiger partial charge in [-0.1, -0.05) is 78.9 Å². The minimum Gasteiger partial charge on any atom is -0.187 e. The minimum absolute atomic E-state index is 0.321. The fraction of sp³-hybridized carbons (Fsp3) is 0.211. The molecular formula is C19H18N4S. The van der Waals surface area contributed by atoms with Crippen molar-refractivity contribution in [2.45, 2.75) is 25.7 Å². The van der Waals surface area contributed by atoms with Crippen LogP contribution in [0.2, 0.25) is 0 Å². The Morgan fingerprint density at radius 3 is 2.04 bits per heavy atom. The van der Waals surface area contributed by atoms with Crippen molar-refractivity contribution in [1.29, 1.82) is 0 Å². The molecule has 4 aromatic rings. The maximum atomic E-state index is 4.88. The Hall–Kier alpha value is -2.53. The second-order valence-corrected chi connectivity index (χ2v) is 6.88. The lowest BCUT2D eigenvalue weighted by molar-refractivity contribution is 0.659. The first-order valence-electron chi connectivity index (χ1n) is 8.06. The molecule has 0 bridgehead atoms. The standard InChI is InChI=1S/C19H18N4S/c1-3-16-20-21-18-23(16)22-17(24-18)19(2,14-10-6-4-7-11-14)15-12-8-5-9-13-15/h4-13H,3H2,1-2H3. The predicted octanol–water partition coefficient (Wildman–Crippen LogP) is 4.10. The van der Waals surface area contributed by atoms with E-state index in [-0.39, 0.29) is 5.41 Å². The van der Waals surface area contributed by atoms with E-state index in [0.717, 1.165) is 22.2 Å². The molecule has 2 heterocycles. The third kappa shape index (κ3) is 2.24. The van der Waals surface area contributed by atoms with Crippen molar-refractivity contribution in [3.8, 4) is 0 Å². The first-order chi connectivity index (χ1) is 11.7. The van der Waals surface area contributed by atoms with Gasteiger partial charge in [0.1, 0.15) is 5.01 Å². The highest BCUT2D eigenvalue weighted by Gasteiger charge is 2.35. The van der Waals surface area contributed by atoms with Gasteiger partial charge < -0.3 is 0 Å². The van der Waals surface area contributed by atoms with Crippen LogP contribution in [0.5, 0.6) is 0 Å². The Morgan fingerprint density at radius 2 is 1.50 bits per heavy atom. The van der Waals surface area contributed by atoms with E-state index in [2.05, 4.69) is 72.6 Å². The van der Waals surface area contributed by atoms with Crippen molar-refractivity contribution in [1.82, 2.24) is 19.8 Å². The number of aromatic nitrogens is 4. The molecule has 0 N–H and O–H groups in total. The van der Waals surface area contributed by atoms with Crippen LogP contribution in [0.25, 0.3) is 4.96 Å². The van der Waals surface area contributed by atoms with Crippen molar-refractivity contribution in [3.63, 3.8) is 0 Å². The van der Waals surface area contributed by atoms with Crippen LogP contribution < -0.4 is 0 Å². The van der Waals surface area contributed by atoms with Crippen molar-refractivity contribution >= 4 is 16.3 Å². The number of benzene rings is 2. The van der Waals surface area contributed by atoms with Gasteiger partial charge in [0.15, 0.2) is 5.82 Å². The first-order valence-corrected chi connectivity index (χ1v) is 8.87. The van der Waals surface area contributed by atoms with Crippen LogP contribution in [0.4, 0.5) is 0 Å². The normalized spacial score (nSPS) is 11.9. The van der Waals surface area contributed by atoms with Crippen LogP contribution in [0.1, 0.15) is 35.8 Å². The summed E-state index contributed by atoms with van der Waals surface area (Å²) in [6.07, 6.45) is 0.817. The number of fused-ring (bicyclic) bond motifs is 1. The van der Waals surface area contributed by atoms with Gasteiger partial charge in [0.05, 0.1) is 5.41 Å². The molecule has 24 heavy (non-hydrogen) atoms. The molecule has 4 rings (SSSR count). The quantitative estimate of drug-likeness (QED) is 0.564. The van der Waals surface area contributed by atoms with Crippen molar-refractivity contribution in [3.05, 3.63) is 82.6 Å². The summed E-state index contributed by atoms with van der Waals surface area (Å²) >= 11 is 1.61. The SMILES string of the molecule is CCc1nnc2sc(C(C)(c3ccccc3)c3ccccc3)nn12. The number of hydrogen-bond donors (Lipinski definition) is 0. The zero-order valence-corrected chi connectivity index (χ0v) is 14.5. The van der Waals surface area contributed by atoms with E-state index in [1.807, 2.05) is 16.6 Å². The van der Waals surface area contributed by atoms with E-state index in [0.29, 0.717) is 0 Å². The number of hydrogen-bond acceptors (Lipinski definition) is 4. The summed E-state index contributed by atoms with van der Waals surface area (Å²) < 4.78 is 1.88. The molecule has 0 saturated carbocycles. The molecule has 0 aliphatic rings. The Bertz CT molecular complexity index is 917. The van der Waals surface area contributed by atoms with Crippen LogP contribution in [-0.2, 0) is 11.8 Å². The van der Waals surface area contributed by atoms with Crippen LogP contribution >= 0.6 is 11.3 Å². The molecule has 0 spiro atoms. The highest BCUT2D eigenvalue weighted by molar-refractivity contribution is 7.16. The van der Waals surface area contributed by atoms with Gasteiger partial charge in [-0.25, -0.2) is 0 Å². The topological polar surface area (TPSA) is 43.1 Å². The molecule has 2 aromatic heterocycles. The first kappa shape index (κ1) is 15.0. The molecule has 2 aromatic carbocycles. The molecule has 0 radical (unpaired) electrons. The van der Waals surface area contributed by atoms with Crippen LogP contribution in [-0.4, -0.2) is 19.8 Å². The van der Waals surface area contributed by atoms with Gasteiger partial charge in [0, 0.05) is 6.42 Å². The van der Waals surface area contributed by atoms with E-state index in [1.165, 1.54) is 11.1 Å². The number of nitrogens with zero attached hydrogens (tertiary/aromatic N) is 4. The zero-order valence-electron chi connectivity index (χ0n) is 13.7. The molecular weight excluding hydrogens is 316 g/mol. The molecule has 0 saturated heterocycles. The average Bonchev–Trinajstić information content (AvgIpc) is 3.23. The summed E-state index contributed by atoms with van der Waals surface area (Å²) in [5, 5.41) is 14.4. The molecule has 0 atom stereocenters. The summed E-state index contributed by atoms with van der Waals surface area (Å²) in [6, 6.07) is 21.1. The van der Waals surface area contributed by atoms with E-state index in [4.69, 9.17) is 5.10 Å². The van der Waals surface area contributed by atoms with Crippen LogP contribution in [0.3, 0.4) is 0 Å². The fourth-order valence-corrected chi connectivity index (χ4v) is 4.09. The van der Waals surface area contributed by atoms with Crippen molar-refractivity contribution in [2.75, 3.05) is 0 Å². The maximum Gasteiger partial charge on any atom is 0.234 e. The number of rotatable bonds is 4. The second-order valence-electron chi connectivity index (χ2n) is 5.93. The lowest BCUT2D eigenvalue weighted by Crippen LogP contribution is -2.25. The minimum atomic E-state index is -0.321. The monoisotopic (exact) mass is 334 g/mol. The third-order valence-corrected chi connectivity index (χ3v) is 5.62. The van der Waals surface area contributed by atoms with Crippen molar-refractivity contribution in [2.24, 2.45) is 0 Å². The molecule has 0 unspecified atom stereocenters. The van der Waals surface area contributed by atoms with Gasteiger partial charge in [-0.15, -0.1) is 10.2 Å². The highest BCUT2D eigenvalue weighted by atomic mass is 32.1. The van der Waals surface area contributed by atoms with E-state index in [1.54, 1.807) is 11.3 Å². The van der Waals surface area contributed by atoms with E-state index < -0.39 is 0 Å². The van der Waals surface area contributed by atoms with Crippen LogP contribution in [0, 0.1) is 0 Å². The van der Waals surface area contributed by atoms with Gasteiger partial charge in [-0.2, -0.15) is 9.61 Å². The summed E-state index contributed by atoms with van der Waals surface area (Å²) in [5.74, 6) is 0.899. The predicted molar refractivity (Wildman–Crippen MR) is 96.5 cm³/mol. The van der Waals surface area contributed by atoms with Gasteiger partial charge in [0.2, 0.25) is 4.96 Å².